The molecular formula is C19H14ClN3O4S. The molecule has 9 heteroatoms. The number of nitrogens with zero attached hydrogens (tertiary/aromatic N) is 1. The Bertz CT molecular complexity index is 989. The van der Waals surface area contributed by atoms with E-state index in [0.29, 0.717) is 11.4 Å². The number of anilines is 2. The zero-order valence-corrected chi connectivity index (χ0v) is 16.0. The van der Waals surface area contributed by atoms with E-state index in [1.807, 2.05) is 24.3 Å². The van der Waals surface area contributed by atoms with Crippen molar-refractivity contribution in [1.82, 2.24) is 0 Å². The number of ether oxygens (including phenoxy) is 1. The summed E-state index contributed by atoms with van der Waals surface area (Å²) in [7, 11) is 0. The van der Waals surface area contributed by atoms with Gasteiger partial charge in [-0.1, -0.05) is 23.7 Å². The summed E-state index contributed by atoms with van der Waals surface area (Å²) in [5, 5.41) is 13.7. The van der Waals surface area contributed by atoms with Crippen molar-refractivity contribution < 1.29 is 19.1 Å². The van der Waals surface area contributed by atoms with Gasteiger partial charge in [-0.15, -0.1) is 11.8 Å². The molecule has 3 rings (SSSR count). The molecule has 7 nitrogen and oxygen atoms in total. The number of thioether (sulfide) groups is 1. The van der Waals surface area contributed by atoms with E-state index in [0.717, 1.165) is 4.90 Å². The normalized spacial score (nSPS) is 15.0. The van der Waals surface area contributed by atoms with Crippen molar-refractivity contribution in [2.24, 2.45) is 0 Å². The molecule has 2 amide bonds. The summed E-state index contributed by atoms with van der Waals surface area (Å²) in [4.78, 5) is 36.9. The Hall–Kier alpha value is -3.02. The minimum absolute atomic E-state index is 0.152. The highest BCUT2D eigenvalue weighted by atomic mass is 35.5. The van der Waals surface area contributed by atoms with Crippen molar-refractivity contribution in [2.45, 2.75) is 16.6 Å². The van der Waals surface area contributed by atoms with Crippen molar-refractivity contribution in [1.29, 1.82) is 5.26 Å². The number of benzene rings is 2. The maximum absolute atomic E-state index is 12.1. The fourth-order valence-electron chi connectivity index (χ4n) is 2.46. The molecule has 142 valence electrons. The maximum atomic E-state index is 12.1. The van der Waals surface area contributed by atoms with Gasteiger partial charge in [-0.25, -0.2) is 0 Å². The quantitative estimate of drug-likeness (QED) is 0.726. The molecule has 1 aliphatic heterocycles. The second-order valence-electron chi connectivity index (χ2n) is 5.81. The lowest BCUT2D eigenvalue weighted by molar-refractivity contribution is -0.147. The average molecular weight is 416 g/mol. The predicted molar refractivity (Wildman–Crippen MR) is 105 cm³/mol. The number of hydrogen-bond donors (Lipinski definition) is 2. The molecule has 0 radical (unpaired) electrons. The van der Waals surface area contributed by atoms with E-state index in [1.54, 1.807) is 6.07 Å². The van der Waals surface area contributed by atoms with Crippen LogP contribution in [0.4, 0.5) is 11.4 Å². The van der Waals surface area contributed by atoms with Crippen molar-refractivity contribution >= 4 is 52.5 Å². The number of hydrogen-bond acceptors (Lipinski definition) is 6. The van der Waals surface area contributed by atoms with Crippen LogP contribution < -0.4 is 10.6 Å². The molecule has 2 N–H and O–H groups in total. The number of carbonyl (C=O) groups is 3. The molecule has 0 bridgehead atoms. The number of esters is 1. The Morgan fingerprint density at radius 2 is 2.07 bits per heavy atom. The number of fused-ring (bicyclic) bond motifs is 1. The van der Waals surface area contributed by atoms with Gasteiger partial charge in [0.1, 0.15) is 6.07 Å². The Morgan fingerprint density at radius 1 is 1.29 bits per heavy atom. The molecule has 2 aromatic rings. The molecule has 1 aliphatic rings. The average Bonchev–Trinajstić information content (AvgIpc) is 2.67. The van der Waals surface area contributed by atoms with Crippen LogP contribution in [0.15, 0.2) is 47.4 Å². The van der Waals surface area contributed by atoms with Crippen LogP contribution in [0, 0.1) is 11.3 Å². The van der Waals surface area contributed by atoms with Gasteiger partial charge in [-0.2, -0.15) is 5.26 Å². The zero-order chi connectivity index (χ0) is 20.1. The number of para-hydroxylation sites is 1. The largest absolute Gasteiger partial charge is 0.456 e. The van der Waals surface area contributed by atoms with E-state index in [4.69, 9.17) is 21.6 Å². The van der Waals surface area contributed by atoms with Gasteiger partial charge in [-0.3, -0.25) is 14.4 Å². The van der Waals surface area contributed by atoms with Crippen LogP contribution in [0.3, 0.4) is 0 Å². The van der Waals surface area contributed by atoms with E-state index in [-0.39, 0.29) is 22.9 Å². The fraction of sp³-hybridized carbons (Fsp3) is 0.158. The van der Waals surface area contributed by atoms with Crippen LogP contribution in [0.2, 0.25) is 5.02 Å². The lowest BCUT2D eigenvalue weighted by Crippen LogP contribution is -2.32. The van der Waals surface area contributed by atoms with Crippen LogP contribution in [-0.4, -0.2) is 29.6 Å². The van der Waals surface area contributed by atoms with Gasteiger partial charge in [0.05, 0.1) is 27.9 Å². The highest BCUT2D eigenvalue weighted by molar-refractivity contribution is 8.01. The Kier molecular flexibility index (Phi) is 6.19. The summed E-state index contributed by atoms with van der Waals surface area (Å²) in [5.41, 5.74) is 1.38. The predicted octanol–water partition coefficient (Wildman–Crippen LogP) is 3.20. The number of amides is 2. The van der Waals surface area contributed by atoms with E-state index >= 15 is 0 Å². The standard InChI is InChI=1S/C19H14ClN3O4S/c20-13-7-12(6-5-11(13)9-21)22-17(24)10-27-18(25)8-16-19(26)23-14-3-1-2-4-15(14)28-16/h1-7,16H,8,10H2,(H,22,24)(H,23,26)/t16-/m1/s1. The van der Waals surface area contributed by atoms with Crippen LogP contribution in [0.25, 0.3) is 0 Å². The summed E-state index contributed by atoms with van der Waals surface area (Å²) in [6.07, 6.45) is -0.152. The summed E-state index contributed by atoms with van der Waals surface area (Å²) in [6, 6.07) is 13.6. The first-order chi connectivity index (χ1) is 13.5. The molecule has 0 unspecified atom stereocenters. The first kappa shape index (κ1) is 19.7. The van der Waals surface area contributed by atoms with Gasteiger partial charge in [0.2, 0.25) is 5.91 Å². The topological polar surface area (TPSA) is 108 Å². The Labute approximate surface area is 170 Å². The van der Waals surface area contributed by atoms with Crippen molar-refractivity contribution in [3.8, 4) is 6.07 Å². The van der Waals surface area contributed by atoms with E-state index in [1.165, 1.54) is 30.0 Å². The van der Waals surface area contributed by atoms with Crippen LogP contribution in [0.1, 0.15) is 12.0 Å². The second kappa shape index (κ2) is 8.78. The zero-order valence-electron chi connectivity index (χ0n) is 14.4. The SMILES string of the molecule is N#Cc1ccc(NC(=O)COC(=O)C[C@H]2Sc3ccccc3NC2=O)cc1Cl. The van der Waals surface area contributed by atoms with E-state index in [9.17, 15) is 14.4 Å². The van der Waals surface area contributed by atoms with Gasteiger partial charge in [-0.05, 0) is 30.3 Å². The highest BCUT2D eigenvalue weighted by Crippen LogP contribution is 2.36. The molecule has 0 aliphatic carbocycles. The van der Waals surface area contributed by atoms with Crippen molar-refractivity contribution in [2.75, 3.05) is 17.2 Å². The summed E-state index contributed by atoms with van der Waals surface area (Å²) in [6.45, 7) is -0.494. The minimum atomic E-state index is -0.653. The Morgan fingerprint density at radius 3 is 2.82 bits per heavy atom. The molecule has 0 saturated carbocycles. The third-order valence-corrected chi connectivity index (χ3v) is 5.38. The summed E-state index contributed by atoms with van der Waals surface area (Å²) < 4.78 is 4.96. The number of nitrogens with one attached hydrogen (secondary N) is 2. The first-order valence-electron chi connectivity index (χ1n) is 8.18. The van der Waals surface area contributed by atoms with Crippen LogP contribution >= 0.6 is 23.4 Å². The molecule has 1 heterocycles. The maximum Gasteiger partial charge on any atom is 0.307 e. The van der Waals surface area contributed by atoms with Crippen molar-refractivity contribution in [3.05, 3.63) is 53.1 Å². The smallest absolute Gasteiger partial charge is 0.307 e. The lowest BCUT2D eigenvalue weighted by Gasteiger charge is -2.23. The highest BCUT2D eigenvalue weighted by Gasteiger charge is 2.29. The molecule has 28 heavy (non-hydrogen) atoms. The monoisotopic (exact) mass is 415 g/mol. The number of carbonyl (C=O) groups excluding carboxylic acids is 3. The first-order valence-corrected chi connectivity index (χ1v) is 9.43. The Balaban J connectivity index is 1.49. The van der Waals surface area contributed by atoms with Gasteiger partial charge in [0, 0.05) is 10.6 Å². The molecule has 0 spiro atoms. The summed E-state index contributed by atoms with van der Waals surface area (Å²) in [5.74, 6) is -1.49. The number of rotatable bonds is 5. The summed E-state index contributed by atoms with van der Waals surface area (Å²) >= 11 is 7.18. The van der Waals surface area contributed by atoms with Gasteiger partial charge < -0.3 is 15.4 Å². The van der Waals surface area contributed by atoms with Crippen molar-refractivity contribution in [3.63, 3.8) is 0 Å². The number of halogens is 1. The molecule has 0 fully saturated rings. The third kappa shape index (κ3) is 4.82. The van der Waals surface area contributed by atoms with Gasteiger partial charge >= 0.3 is 5.97 Å². The number of nitriles is 1. The molecule has 0 saturated heterocycles. The molecule has 2 aromatic carbocycles. The molecule has 0 aromatic heterocycles. The molecular weight excluding hydrogens is 402 g/mol. The van der Waals surface area contributed by atoms with Crippen LogP contribution in [0.5, 0.6) is 0 Å². The fourth-order valence-corrected chi connectivity index (χ4v) is 3.78. The second-order valence-corrected chi connectivity index (χ2v) is 7.46. The van der Waals surface area contributed by atoms with Gasteiger partial charge in [0.25, 0.3) is 5.91 Å². The lowest BCUT2D eigenvalue weighted by atomic mass is 10.2. The van der Waals surface area contributed by atoms with E-state index < -0.39 is 23.7 Å². The van der Waals surface area contributed by atoms with Crippen LogP contribution in [-0.2, 0) is 19.1 Å². The third-order valence-electron chi connectivity index (χ3n) is 3.80. The van der Waals surface area contributed by atoms with Gasteiger partial charge in [0.15, 0.2) is 6.61 Å². The van der Waals surface area contributed by atoms with E-state index in [2.05, 4.69) is 10.6 Å². The minimum Gasteiger partial charge on any atom is -0.456 e. The molecule has 1 atom stereocenters.